The summed E-state index contributed by atoms with van der Waals surface area (Å²) in [5, 5.41) is 50.5. The standard InChI is InChI=1S/C40H70N12O15S2/c1-19(2)15-26(40(66)67)50-36(62)24(11-13-68-5)48-35(61)23(8-10-29(43)56)47-34(60)22(7-9-28(42)55)46-31(58)17-44-30(57)16-45-39(65)32(21(4)54)52-37(63)25(12-14-69-6)49-38(64)27(18-53)51-33(59)20(3)41/h19-27,32,53-54H,7-18,41H2,1-6H3,(H2,42,55)(H2,43,56)(H,44,57)(H,45,65)(H,46,58)(H,47,60)(H,48,61)(H,49,64)(H,50,62)(H,51,59)(H,52,63)(H,66,67)/t20-,21+,22-,23-,24-,25-,26-,27-,32-/m0/s1. The Morgan fingerprint density at radius 1 is 0.507 bits per heavy atom. The van der Waals surface area contributed by atoms with Crippen LogP contribution in [0.1, 0.15) is 72.6 Å². The number of hydrogen-bond acceptors (Lipinski definition) is 17. The molecule has 0 saturated heterocycles. The number of hydrogen-bond donors (Lipinski definition) is 15. The maximum Gasteiger partial charge on any atom is 0.326 e. The van der Waals surface area contributed by atoms with Gasteiger partial charge in [0.15, 0.2) is 0 Å². The molecule has 18 N–H and O–H groups in total. The van der Waals surface area contributed by atoms with Crippen molar-refractivity contribution in [1.29, 1.82) is 0 Å². The summed E-state index contributed by atoms with van der Waals surface area (Å²) in [6.07, 6.45) is 0.376. The fourth-order valence-electron chi connectivity index (χ4n) is 5.82. The van der Waals surface area contributed by atoms with Gasteiger partial charge in [-0.25, -0.2) is 4.79 Å². The van der Waals surface area contributed by atoms with Crippen molar-refractivity contribution < 1.29 is 72.9 Å². The molecule has 29 heteroatoms. The third kappa shape index (κ3) is 26.5. The average Bonchev–Trinajstić information content (AvgIpc) is 3.27. The molecule has 27 nitrogen and oxygen atoms in total. The number of primary amides is 2. The Morgan fingerprint density at radius 3 is 1.29 bits per heavy atom. The summed E-state index contributed by atoms with van der Waals surface area (Å²) in [5.41, 5.74) is 16.1. The van der Waals surface area contributed by atoms with E-state index in [1.807, 2.05) is 0 Å². The maximum absolute atomic E-state index is 13.6. The number of amides is 11. The van der Waals surface area contributed by atoms with Crippen molar-refractivity contribution in [2.75, 3.05) is 43.7 Å². The Kier molecular flexibility index (Phi) is 30.9. The highest BCUT2D eigenvalue weighted by Crippen LogP contribution is 2.10. The van der Waals surface area contributed by atoms with Gasteiger partial charge in [0, 0.05) is 12.8 Å². The van der Waals surface area contributed by atoms with Gasteiger partial charge in [-0.15, -0.1) is 0 Å². The third-order valence-electron chi connectivity index (χ3n) is 9.61. The molecule has 0 aliphatic rings. The second-order valence-electron chi connectivity index (χ2n) is 16.2. The van der Waals surface area contributed by atoms with Crippen LogP contribution in [0.2, 0.25) is 0 Å². The minimum absolute atomic E-state index is 0.0165. The number of aliphatic carboxylic acids is 1. The molecule has 392 valence electrons. The van der Waals surface area contributed by atoms with E-state index >= 15 is 0 Å². The monoisotopic (exact) mass is 1020 g/mol. The van der Waals surface area contributed by atoms with E-state index in [4.69, 9.17) is 17.2 Å². The van der Waals surface area contributed by atoms with Crippen LogP contribution in [0.15, 0.2) is 0 Å². The number of aliphatic hydroxyl groups excluding tert-OH is 2. The molecule has 0 rings (SSSR count). The summed E-state index contributed by atoms with van der Waals surface area (Å²) >= 11 is 2.64. The molecular formula is C40H70N12O15S2. The highest BCUT2D eigenvalue weighted by Gasteiger charge is 2.34. The molecule has 69 heavy (non-hydrogen) atoms. The Bertz CT molecular complexity index is 1790. The summed E-state index contributed by atoms with van der Waals surface area (Å²) in [7, 11) is 0. The van der Waals surface area contributed by atoms with Gasteiger partial charge in [-0.3, -0.25) is 52.7 Å². The zero-order valence-electron chi connectivity index (χ0n) is 39.5. The van der Waals surface area contributed by atoms with Crippen LogP contribution in [0, 0.1) is 5.92 Å². The highest BCUT2D eigenvalue weighted by atomic mass is 32.2. The van der Waals surface area contributed by atoms with Crippen molar-refractivity contribution in [2.45, 2.75) is 127 Å². The number of nitrogens with one attached hydrogen (secondary N) is 9. The van der Waals surface area contributed by atoms with Crippen molar-refractivity contribution >= 4 is 94.5 Å². The molecule has 0 radical (unpaired) electrons. The molecule has 0 spiro atoms. The second kappa shape index (κ2) is 33.7. The second-order valence-corrected chi connectivity index (χ2v) is 18.1. The molecule has 0 aromatic carbocycles. The topological polar surface area (TPSA) is 452 Å². The smallest absolute Gasteiger partial charge is 0.326 e. The van der Waals surface area contributed by atoms with Crippen LogP contribution in [0.25, 0.3) is 0 Å². The predicted octanol–water partition coefficient (Wildman–Crippen LogP) is -6.50. The van der Waals surface area contributed by atoms with E-state index < -0.39 is 164 Å². The number of carboxylic acid groups (broad SMARTS) is 1. The molecule has 0 saturated carbocycles. The first-order valence-electron chi connectivity index (χ1n) is 21.8. The van der Waals surface area contributed by atoms with Crippen molar-refractivity contribution in [3.05, 3.63) is 0 Å². The number of thioether (sulfide) groups is 2. The molecule has 9 atom stereocenters. The van der Waals surface area contributed by atoms with Crippen molar-refractivity contribution in [2.24, 2.45) is 23.1 Å². The van der Waals surface area contributed by atoms with Crippen molar-refractivity contribution in [3.8, 4) is 0 Å². The first-order chi connectivity index (χ1) is 32.3. The van der Waals surface area contributed by atoms with Gasteiger partial charge < -0.3 is 80.4 Å². The van der Waals surface area contributed by atoms with Crippen LogP contribution in [0.4, 0.5) is 0 Å². The summed E-state index contributed by atoms with van der Waals surface area (Å²) in [5.74, 6) is -11.0. The van der Waals surface area contributed by atoms with E-state index in [0.29, 0.717) is 11.5 Å². The maximum atomic E-state index is 13.6. The minimum Gasteiger partial charge on any atom is -0.480 e. The Morgan fingerprint density at radius 2 is 0.899 bits per heavy atom. The van der Waals surface area contributed by atoms with Crippen molar-refractivity contribution in [1.82, 2.24) is 47.9 Å². The van der Waals surface area contributed by atoms with Crippen LogP contribution in [-0.4, -0.2) is 184 Å². The zero-order chi connectivity index (χ0) is 53.0. The van der Waals surface area contributed by atoms with Crippen LogP contribution in [0.5, 0.6) is 0 Å². The lowest BCUT2D eigenvalue weighted by Gasteiger charge is -2.26. The molecular weight excluding hydrogens is 953 g/mol. The number of aliphatic hydroxyl groups is 2. The Labute approximate surface area is 408 Å². The molecule has 0 aromatic rings. The van der Waals surface area contributed by atoms with Gasteiger partial charge in [0.1, 0.15) is 42.3 Å². The predicted molar refractivity (Wildman–Crippen MR) is 252 cm³/mol. The molecule has 0 aromatic heterocycles. The molecule has 0 unspecified atom stereocenters. The quantitative estimate of drug-likeness (QED) is 0.0281. The lowest BCUT2D eigenvalue weighted by molar-refractivity contribution is -0.143. The SMILES string of the molecule is CSCC[C@H](NC(=O)[C@H](CCC(N)=O)NC(=O)[C@H](CCC(N)=O)NC(=O)CNC(=O)CNC(=O)[C@@H](NC(=O)[C@H](CCSC)NC(=O)[C@H](CO)NC(=O)[C@H](C)N)[C@@H](C)O)C(=O)N[C@@H](CC(C)C)C(=O)O. The van der Waals surface area contributed by atoms with E-state index in [2.05, 4.69) is 47.9 Å². The molecule has 0 heterocycles. The lowest BCUT2D eigenvalue weighted by atomic mass is 10.0. The van der Waals surface area contributed by atoms with E-state index in [1.54, 1.807) is 26.4 Å². The minimum atomic E-state index is -1.68. The molecule has 0 aliphatic carbocycles. The number of nitrogens with two attached hydrogens (primary N) is 3. The third-order valence-corrected chi connectivity index (χ3v) is 10.9. The normalized spacial score (nSPS) is 14.9. The lowest BCUT2D eigenvalue weighted by Crippen LogP contribution is -2.60. The molecule has 11 amide bonds. The number of carbonyl (C=O) groups excluding carboxylic acids is 11. The molecule has 0 bridgehead atoms. The van der Waals surface area contributed by atoms with Gasteiger partial charge in [0.25, 0.3) is 0 Å². The fraction of sp³-hybridized carbons (Fsp3) is 0.700. The zero-order valence-corrected chi connectivity index (χ0v) is 41.2. The van der Waals surface area contributed by atoms with Gasteiger partial charge in [-0.05, 0) is 75.9 Å². The van der Waals surface area contributed by atoms with E-state index in [0.717, 1.165) is 6.92 Å². The van der Waals surface area contributed by atoms with Crippen LogP contribution in [-0.2, 0) is 57.5 Å². The van der Waals surface area contributed by atoms with Gasteiger partial charge in [0.2, 0.25) is 65.0 Å². The highest BCUT2D eigenvalue weighted by molar-refractivity contribution is 7.98. The molecule has 0 aliphatic heterocycles. The largest absolute Gasteiger partial charge is 0.480 e. The van der Waals surface area contributed by atoms with Gasteiger partial charge >= 0.3 is 5.97 Å². The number of rotatable bonds is 35. The van der Waals surface area contributed by atoms with E-state index in [1.165, 1.54) is 30.4 Å². The Balaban J connectivity index is 5.90. The number of carbonyl (C=O) groups is 12. The van der Waals surface area contributed by atoms with E-state index in [-0.39, 0.29) is 31.6 Å². The van der Waals surface area contributed by atoms with Gasteiger partial charge in [-0.2, -0.15) is 23.5 Å². The van der Waals surface area contributed by atoms with Crippen LogP contribution >= 0.6 is 23.5 Å². The molecule has 0 fully saturated rings. The first kappa shape index (κ1) is 63.2. The summed E-state index contributed by atoms with van der Waals surface area (Å²) in [4.78, 5) is 152. The first-order valence-corrected chi connectivity index (χ1v) is 24.5. The van der Waals surface area contributed by atoms with Gasteiger partial charge in [-0.1, -0.05) is 13.8 Å². The Hall–Kier alpha value is -5.78. The van der Waals surface area contributed by atoms with Crippen molar-refractivity contribution in [3.63, 3.8) is 0 Å². The summed E-state index contributed by atoms with van der Waals surface area (Å²) in [6, 6.07) is -11.2. The van der Waals surface area contributed by atoms with Gasteiger partial charge in [0.05, 0.1) is 31.8 Å². The fourth-order valence-corrected chi connectivity index (χ4v) is 6.77. The van der Waals surface area contributed by atoms with E-state index in [9.17, 15) is 72.9 Å². The summed E-state index contributed by atoms with van der Waals surface area (Å²) < 4.78 is 0. The van der Waals surface area contributed by atoms with Crippen LogP contribution in [0.3, 0.4) is 0 Å². The van der Waals surface area contributed by atoms with Crippen LogP contribution < -0.4 is 65.1 Å². The average molecular weight is 1020 g/mol. The number of carboxylic acids is 1. The summed E-state index contributed by atoms with van der Waals surface area (Å²) in [6.45, 7) is 3.56.